The molecule has 3 aromatic rings. The quantitative estimate of drug-likeness (QED) is 0.654. The molecule has 24 heavy (non-hydrogen) atoms. The fraction of sp³-hybridized carbons (Fsp3) is 0.105. The van der Waals surface area contributed by atoms with E-state index in [9.17, 15) is 9.90 Å². The van der Waals surface area contributed by atoms with Crippen LogP contribution >= 0.6 is 11.8 Å². The Kier molecular flexibility index (Phi) is 3.58. The lowest BCUT2D eigenvalue weighted by Crippen LogP contribution is -2.29. The van der Waals surface area contributed by atoms with Crippen LogP contribution in [0.4, 0.5) is 16.2 Å². The molecule has 0 aliphatic carbocycles. The van der Waals surface area contributed by atoms with Crippen molar-refractivity contribution in [3.63, 3.8) is 0 Å². The van der Waals surface area contributed by atoms with Crippen LogP contribution < -0.4 is 4.90 Å². The first kappa shape index (κ1) is 14.9. The number of rotatable bonds is 1. The summed E-state index contributed by atoms with van der Waals surface area (Å²) < 4.78 is 5.29. The van der Waals surface area contributed by atoms with Crippen molar-refractivity contribution in [3.8, 4) is 5.75 Å². The molecule has 0 radical (unpaired) electrons. The number of phenols is 1. The van der Waals surface area contributed by atoms with E-state index in [0.29, 0.717) is 12.0 Å². The standard InChI is InChI=1S/C19H15NO3S/c1-2-23-19(22)20-14-9-5-6-10-16(14)24-17-11-15(21)12-7-3-4-8-13(12)18(17)20/h3-11,21H,2H2,1H3. The first-order valence-electron chi connectivity index (χ1n) is 7.69. The molecule has 0 spiro atoms. The number of ether oxygens (including phenoxy) is 1. The molecule has 0 fully saturated rings. The summed E-state index contributed by atoms with van der Waals surface area (Å²) in [5.74, 6) is 0.208. The van der Waals surface area contributed by atoms with E-state index in [0.717, 1.165) is 26.6 Å². The fourth-order valence-electron chi connectivity index (χ4n) is 2.97. The maximum Gasteiger partial charge on any atom is 0.419 e. The lowest BCUT2D eigenvalue weighted by molar-refractivity contribution is 0.162. The van der Waals surface area contributed by atoms with Gasteiger partial charge in [-0.25, -0.2) is 9.69 Å². The van der Waals surface area contributed by atoms with Crippen LogP contribution in [0.5, 0.6) is 5.75 Å². The molecule has 0 bridgehead atoms. The van der Waals surface area contributed by atoms with Gasteiger partial charge in [-0.15, -0.1) is 0 Å². The topological polar surface area (TPSA) is 49.8 Å². The highest BCUT2D eigenvalue weighted by molar-refractivity contribution is 7.99. The minimum absolute atomic E-state index is 0.208. The van der Waals surface area contributed by atoms with Crippen molar-refractivity contribution in [3.05, 3.63) is 54.6 Å². The number of hydrogen-bond acceptors (Lipinski definition) is 4. The highest BCUT2D eigenvalue weighted by Gasteiger charge is 2.31. The molecule has 1 aliphatic rings. The molecule has 0 aromatic heterocycles. The minimum atomic E-state index is -0.414. The predicted octanol–water partition coefficient (Wildman–Crippen LogP) is 5.30. The SMILES string of the molecule is CCOC(=O)N1c2ccccc2Sc2cc(O)c3ccccc3c21. The highest BCUT2D eigenvalue weighted by Crippen LogP contribution is 2.52. The lowest BCUT2D eigenvalue weighted by atomic mass is 10.1. The molecule has 0 unspecified atom stereocenters. The summed E-state index contributed by atoms with van der Waals surface area (Å²) in [6.07, 6.45) is -0.414. The zero-order valence-corrected chi connectivity index (χ0v) is 13.8. The van der Waals surface area contributed by atoms with Crippen LogP contribution in [-0.4, -0.2) is 17.8 Å². The van der Waals surface area contributed by atoms with E-state index < -0.39 is 6.09 Å². The van der Waals surface area contributed by atoms with Crippen molar-refractivity contribution >= 4 is 40.0 Å². The molecule has 1 N–H and O–H groups in total. The molecule has 4 rings (SSSR count). The Morgan fingerprint density at radius 2 is 1.79 bits per heavy atom. The third kappa shape index (κ3) is 2.20. The van der Waals surface area contributed by atoms with Gasteiger partial charge in [0.25, 0.3) is 0 Å². The van der Waals surface area contributed by atoms with E-state index in [4.69, 9.17) is 4.74 Å². The molecular weight excluding hydrogens is 322 g/mol. The van der Waals surface area contributed by atoms with Crippen molar-refractivity contribution in [1.82, 2.24) is 0 Å². The number of phenolic OH excluding ortho intramolecular Hbond substituents is 1. The Morgan fingerprint density at radius 3 is 2.58 bits per heavy atom. The van der Waals surface area contributed by atoms with Crippen molar-refractivity contribution in [1.29, 1.82) is 0 Å². The number of carbonyl (C=O) groups excluding carboxylic acids is 1. The van der Waals surface area contributed by atoms with Crippen molar-refractivity contribution < 1.29 is 14.6 Å². The molecule has 1 amide bonds. The van der Waals surface area contributed by atoms with E-state index in [2.05, 4.69) is 0 Å². The second-order valence-corrected chi connectivity index (χ2v) is 6.48. The largest absolute Gasteiger partial charge is 0.507 e. The number of anilines is 2. The number of benzene rings is 3. The molecule has 5 heteroatoms. The van der Waals surface area contributed by atoms with Crippen LogP contribution in [-0.2, 0) is 4.74 Å². The molecule has 3 aromatic carbocycles. The summed E-state index contributed by atoms with van der Waals surface area (Å²) in [6.45, 7) is 2.09. The highest BCUT2D eigenvalue weighted by atomic mass is 32.2. The van der Waals surface area contributed by atoms with Crippen LogP contribution in [0.3, 0.4) is 0 Å². The average molecular weight is 337 g/mol. The van der Waals surface area contributed by atoms with E-state index >= 15 is 0 Å². The fourth-order valence-corrected chi connectivity index (χ4v) is 4.09. The molecule has 0 saturated heterocycles. The van der Waals surface area contributed by atoms with Crippen LogP contribution in [0.2, 0.25) is 0 Å². The number of aromatic hydroxyl groups is 1. The first-order valence-corrected chi connectivity index (χ1v) is 8.51. The molecule has 1 aliphatic heterocycles. The summed E-state index contributed by atoms with van der Waals surface area (Å²) in [5, 5.41) is 11.9. The first-order chi connectivity index (χ1) is 11.7. The van der Waals surface area contributed by atoms with Gasteiger partial charge in [-0.05, 0) is 25.1 Å². The second-order valence-electron chi connectivity index (χ2n) is 5.39. The monoisotopic (exact) mass is 337 g/mol. The van der Waals surface area contributed by atoms with Gasteiger partial charge < -0.3 is 9.84 Å². The van der Waals surface area contributed by atoms with E-state index in [1.807, 2.05) is 48.5 Å². The van der Waals surface area contributed by atoms with Gasteiger partial charge in [0.1, 0.15) is 5.75 Å². The number of hydrogen-bond donors (Lipinski definition) is 1. The molecule has 4 nitrogen and oxygen atoms in total. The zero-order valence-electron chi connectivity index (χ0n) is 13.0. The Morgan fingerprint density at radius 1 is 1.08 bits per heavy atom. The van der Waals surface area contributed by atoms with Crippen molar-refractivity contribution in [2.75, 3.05) is 11.5 Å². The average Bonchev–Trinajstić information content (AvgIpc) is 2.60. The maximum atomic E-state index is 12.7. The Bertz CT molecular complexity index is 954. The Balaban J connectivity index is 2.04. The van der Waals surface area contributed by atoms with Gasteiger partial charge in [0.05, 0.1) is 18.0 Å². The van der Waals surface area contributed by atoms with Crippen LogP contribution in [0.25, 0.3) is 10.8 Å². The molecule has 0 saturated carbocycles. The van der Waals surface area contributed by atoms with E-state index in [1.54, 1.807) is 29.7 Å². The molecule has 0 atom stereocenters. The van der Waals surface area contributed by atoms with Gasteiger partial charge in [0, 0.05) is 20.6 Å². The van der Waals surface area contributed by atoms with Gasteiger partial charge >= 0.3 is 6.09 Å². The van der Waals surface area contributed by atoms with E-state index in [1.165, 1.54) is 0 Å². The maximum absolute atomic E-state index is 12.7. The van der Waals surface area contributed by atoms with Crippen LogP contribution in [0.15, 0.2) is 64.4 Å². The second kappa shape index (κ2) is 5.76. The molecular formula is C19H15NO3S. The summed E-state index contributed by atoms with van der Waals surface area (Å²) in [5.41, 5.74) is 1.55. The Labute approximate surface area is 143 Å². The molecule has 120 valence electrons. The van der Waals surface area contributed by atoms with E-state index in [-0.39, 0.29) is 5.75 Å². The van der Waals surface area contributed by atoms with Gasteiger partial charge in [-0.1, -0.05) is 48.2 Å². The summed E-state index contributed by atoms with van der Waals surface area (Å²) in [7, 11) is 0. The zero-order chi connectivity index (χ0) is 16.7. The number of amides is 1. The molecule has 1 heterocycles. The number of para-hydroxylation sites is 1. The summed E-state index contributed by atoms with van der Waals surface area (Å²) in [6, 6.07) is 16.9. The number of carbonyl (C=O) groups is 1. The number of fused-ring (bicyclic) bond motifs is 4. The van der Waals surface area contributed by atoms with Crippen molar-refractivity contribution in [2.24, 2.45) is 0 Å². The van der Waals surface area contributed by atoms with Crippen LogP contribution in [0.1, 0.15) is 6.92 Å². The third-order valence-electron chi connectivity index (χ3n) is 3.96. The Hall–Kier alpha value is -2.66. The number of nitrogens with zero attached hydrogens (tertiary/aromatic N) is 1. The van der Waals surface area contributed by atoms with Gasteiger partial charge in [0.2, 0.25) is 0 Å². The van der Waals surface area contributed by atoms with Gasteiger partial charge in [-0.3, -0.25) is 0 Å². The van der Waals surface area contributed by atoms with Crippen molar-refractivity contribution in [2.45, 2.75) is 16.7 Å². The third-order valence-corrected chi connectivity index (χ3v) is 5.06. The minimum Gasteiger partial charge on any atom is -0.507 e. The lowest BCUT2D eigenvalue weighted by Gasteiger charge is -2.31. The normalized spacial score (nSPS) is 12.6. The van der Waals surface area contributed by atoms with Gasteiger partial charge in [-0.2, -0.15) is 0 Å². The van der Waals surface area contributed by atoms with Crippen LogP contribution in [0, 0.1) is 0 Å². The van der Waals surface area contributed by atoms with Gasteiger partial charge in [0.15, 0.2) is 0 Å². The smallest absolute Gasteiger partial charge is 0.419 e. The summed E-state index contributed by atoms with van der Waals surface area (Å²) >= 11 is 1.54. The summed E-state index contributed by atoms with van der Waals surface area (Å²) in [4.78, 5) is 16.1. The predicted molar refractivity (Wildman–Crippen MR) is 95.3 cm³/mol.